The molecule has 0 aliphatic carbocycles. The van der Waals surface area contributed by atoms with Gasteiger partial charge in [0.15, 0.2) is 22.6 Å². The van der Waals surface area contributed by atoms with Crippen LogP contribution in [0.3, 0.4) is 0 Å². The van der Waals surface area contributed by atoms with Gasteiger partial charge in [0.05, 0.1) is 51.8 Å². The summed E-state index contributed by atoms with van der Waals surface area (Å²) in [6, 6.07) is 2.53. The standard InChI is InChI=1S/C48H62N18O28P4/c1-20-11-64(48(73)61-43(20)69)35-9-24(93-98(80,81)85-16-30-25(10-36(90-30)65-18-55-38-40(51)53-17-54-41(38)65)94-95(74,75)82-13-27-21(68)6-33(87-27)62-4-2-31(49)57-46(62)71)29(89-35)15-84-97(78,79)92-23-8-34(63-5-3-32(50)58-47(63)72)88-28(23)14-83-96(76,77)91-22-7-37(86-26(22)12-67)66-19-56-39-42(66)59-45(52)60-44(39)70/h2-5,11,17-19,21-30,33-37,67-68H,6-10,12-16H2,1H3,(H,74,75)(H,76,77)(H,78,79)(H,80,81)(H2,49,57,71)(H2,50,58,72)(H2,51,53,54)(H,61,69,73)(H3,52,59,60,70)/t21-,22-,23-,24-,25-,26+,27+,28+,29+,30+,33+,34+,35+,36+,37+/m0/s1. The van der Waals surface area contributed by atoms with E-state index in [-0.39, 0.29) is 70.6 Å². The molecule has 12 heterocycles. The monoisotopic (exact) mass is 1460 g/mol. The Morgan fingerprint density at radius 1 is 0.520 bits per heavy atom. The Morgan fingerprint density at radius 3 is 1.43 bits per heavy atom. The number of fused-ring (bicyclic) bond motifs is 2. The Kier molecular flexibility index (Phi) is 20.2. The normalized spacial score (nSPS) is 29.8. The van der Waals surface area contributed by atoms with E-state index in [2.05, 4.69) is 44.9 Å². The molecule has 7 aromatic rings. The van der Waals surface area contributed by atoms with Crippen molar-refractivity contribution in [1.82, 2.24) is 67.7 Å². The van der Waals surface area contributed by atoms with E-state index < -0.39 is 198 Å². The predicted molar refractivity (Wildman–Crippen MR) is 323 cm³/mol. The van der Waals surface area contributed by atoms with Crippen molar-refractivity contribution in [3.8, 4) is 0 Å². The molecule has 5 saturated heterocycles. The minimum absolute atomic E-state index is 0.00216. The third kappa shape index (κ3) is 15.7. The predicted octanol–water partition coefficient (Wildman–Crippen LogP) is -2.54. The molecular weight excluding hydrogens is 1400 g/mol. The number of aromatic amines is 2. The summed E-state index contributed by atoms with van der Waals surface area (Å²) in [4.78, 5) is 141. The van der Waals surface area contributed by atoms with Crippen LogP contribution >= 0.6 is 31.3 Å². The van der Waals surface area contributed by atoms with Crippen molar-refractivity contribution >= 4 is 77.0 Å². The van der Waals surface area contributed by atoms with Crippen LogP contribution in [0.4, 0.5) is 23.4 Å². The van der Waals surface area contributed by atoms with Gasteiger partial charge in [0.25, 0.3) is 11.1 Å². The highest BCUT2D eigenvalue weighted by molar-refractivity contribution is 7.48. The van der Waals surface area contributed by atoms with Gasteiger partial charge in [0.2, 0.25) is 5.95 Å². The summed E-state index contributed by atoms with van der Waals surface area (Å²) in [5.74, 6) is -0.550. The molecule has 50 heteroatoms. The Hall–Kier alpha value is -7.30. The number of nitrogens with one attached hydrogen (secondary N) is 2. The number of aliphatic hydroxyl groups excluding tert-OH is 2. The molecule has 5 aliphatic rings. The van der Waals surface area contributed by atoms with E-state index >= 15 is 0 Å². The minimum atomic E-state index is -5.51. The van der Waals surface area contributed by atoms with Gasteiger partial charge in [-0.15, -0.1) is 0 Å². The van der Waals surface area contributed by atoms with Crippen LogP contribution in [-0.2, 0) is 78.1 Å². The van der Waals surface area contributed by atoms with Crippen LogP contribution in [0.2, 0.25) is 0 Å². The molecule has 4 unspecified atom stereocenters. The van der Waals surface area contributed by atoms with E-state index in [1.54, 1.807) is 0 Å². The van der Waals surface area contributed by atoms with Gasteiger partial charge >= 0.3 is 48.4 Å². The fraction of sp³-hybridized carbons (Fsp3) is 0.542. The van der Waals surface area contributed by atoms with Crippen molar-refractivity contribution in [2.45, 2.75) is 131 Å². The third-order valence-electron chi connectivity index (χ3n) is 16.0. The van der Waals surface area contributed by atoms with Crippen molar-refractivity contribution < 1.29 is 108 Å². The Balaban J connectivity index is 0.731. The van der Waals surface area contributed by atoms with E-state index in [1.807, 2.05) is 0 Å². The summed E-state index contributed by atoms with van der Waals surface area (Å²) in [5, 5.41) is 21.0. The number of hydrogen-bond acceptors (Lipinski definition) is 35. The molecule has 16 N–H and O–H groups in total. The number of ether oxygens (including phenoxy) is 5. The number of hydrogen-bond donors (Lipinski definition) is 12. The zero-order chi connectivity index (χ0) is 69.9. The number of phosphoric ester groups is 4. The van der Waals surface area contributed by atoms with Crippen molar-refractivity contribution in [3.63, 3.8) is 0 Å². The zero-order valence-corrected chi connectivity index (χ0v) is 54.1. The molecule has 46 nitrogen and oxygen atoms in total. The summed E-state index contributed by atoms with van der Waals surface area (Å²) in [6.07, 6.45) is -16.2. The molecule has 0 radical (unpaired) electrons. The number of anilines is 4. The van der Waals surface area contributed by atoms with Crippen molar-refractivity contribution in [3.05, 3.63) is 107 Å². The molecule has 98 heavy (non-hydrogen) atoms. The molecule has 0 amide bonds. The highest BCUT2D eigenvalue weighted by Gasteiger charge is 2.50. The molecule has 12 rings (SSSR count). The average molecular weight is 1460 g/mol. The second kappa shape index (κ2) is 28.0. The maximum Gasteiger partial charge on any atom is 0.472 e. The number of H-pyrrole nitrogens is 2. The first-order valence-corrected chi connectivity index (χ1v) is 35.2. The van der Waals surface area contributed by atoms with Crippen LogP contribution in [0.25, 0.3) is 22.3 Å². The minimum Gasteiger partial charge on any atom is -0.394 e. The lowest BCUT2D eigenvalue weighted by atomic mass is 10.2. The topological polar surface area (TPSA) is 646 Å². The van der Waals surface area contributed by atoms with Gasteiger partial charge in [-0.05, 0) is 19.1 Å². The molecule has 5 aliphatic heterocycles. The van der Waals surface area contributed by atoms with Gasteiger partial charge in [0, 0.05) is 56.3 Å². The number of aryl methyl sites for hydroxylation is 1. The van der Waals surface area contributed by atoms with E-state index in [1.165, 1.54) is 53.2 Å². The molecule has 7 aromatic heterocycles. The number of nitrogens with zero attached hydrogens (tertiary/aromatic N) is 12. The van der Waals surface area contributed by atoms with Gasteiger partial charge in [-0.3, -0.25) is 78.6 Å². The second-order valence-corrected chi connectivity index (χ2v) is 28.3. The van der Waals surface area contributed by atoms with Gasteiger partial charge < -0.3 is 76.4 Å². The van der Waals surface area contributed by atoms with Crippen LogP contribution in [-0.4, -0.2) is 192 Å². The zero-order valence-electron chi connectivity index (χ0n) is 50.5. The van der Waals surface area contributed by atoms with Crippen LogP contribution in [0.5, 0.6) is 0 Å². The Bertz CT molecular complexity index is 4650. The Labute approximate surface area is 545 Å². The number of imidazole rings is 2. The maximum atomic E-state index is 14.2. The van der Waals surface area contributed by atoms with Crippen LogP contribution < -0.4 is 51.1 Å². The molecule has 0 bridgehead atoms. The highest BCUT2D eigenvalue weighted by atomic mass is 31.2. The van der Waals surface area contributed by atoms with E-state index in [4.69, 9.17) is 82.8 Å². The van der Waals surface area contributed by atoms with E-state index in [0.29, 0.717) is 0 Å². The molecule has 0 saturated carbocycles. The van der Waals surface area contributed by atoms with Gasteiger partial charge in [-0.25, -0.2) is 52.6 Å². The molecule has 0 spiro atoms. The van der Waals surface area contributed by atoms with E-state index in [0.717, 1.165) is 26.2 Å². The fourth-order valence-corrected chi connectivity index (χ4v) is 15.2. The van der Waals surface area contributed by atoms with Gasteiger partial charge in [-0.2, -0.15) is 15.0 Å². The van der Waals surface area contributed by atoms with Crippen LogP contribution in [0, 0.1) is 6.92 Å². The summed E-state index contributed by atoms with van der Waals surface area (Å²) >= 11 is 0. The molecular formula is C48H62N18O28P4. The summed E-state index contributed by atoms with van der Waals surface area (Å²) in [5.41, 5.74) is 18.9. The summed E-state index contributed by atoms with van der Waals surface area (Å²) in [7, 11) is -21.5. The fourth-order valence-electron chi connectivity index (χ4n) is 11.4. The molecule has 5 fully saturated rings. The third-order valence-corrected chi connectivity index (χ3v) is 20.1. The number of phosphoric acid groups is 4. The van der Waals surface area contributed by atoms with Gasteiger partial charge in [0.1, 0.15) is 110 Å². The first-order chi connectivity index (χ1) is 46.4. The van der Waals surface area contributed by atoms with Crippen LogP contribution in [0.1, 0.15) is 68.8 Å². The van der Waals surface area contributed by atoms with Crippen LogP contribution in [0.15, 0.2) is 73.7 Å². The average Bonchev–Trinajstić information content (AvgIpc) is 1.62. The lowest BCUT2D eigenvalue weighted by Crippen LogP contribution is -2.33. The highest BCUT2D eigenvalue weighted by Crippen LogP contribution is 2.55. The van der Waals surface area contributed by atoms with Crippen molar-refractivity contribution in [1.29, 1.82) is 0 Å². The quantitative estimate of drug-likeness (QED) is 0.0249. The van der Waals surface area contributed by atoms with E-state index in [9.17, 15) is 72.0 Å². The number of rotatable bonds is 26. The summed E-state index contributed by atoms with van der Waals surface area (Å²) < 4.78 is 134. The molecule has 532 valence electrons. The number of aromatic nitrogens is 14. The molecule has 0 aromatic carbocycles. The Morgan fingerprint density at radius 2 is 0.939 bits per heavy atom. The van der Waals surface area contributed by atoms with Crippen molar-refractivity contribution in [2.24, 2.45) is 0 Å². The van der Waals surface area contributed by atoms with Crippen molar-refractivity contribution in [2.75, 3.05) is 56.0 Å². The number of nitrogen functional groups attached to an aromatic ring is 4. The van der Waals surface area contributed by atoms with Gasteiger partial charge in [-0.1, -0.05) is 0 Å². The largest absolute Gasteiger partial charge is 0.472 e. The smallest absolute Gasteiger partial charge is 0.394 e. The summed E-state index contributed by atoms with van der Waals surface area (Å²) in [6.45, 7) is -3.24. The first-order valence-electron chi connectivity index (χ1n) is 29.2. The number of nitrogens with two attached hydrogens (primary N) is 4. The molecule has 19 atom stereocenters. The maximum absolute atomic E-state index is 14.2. The first kappa shape index (κ1) is 70.6. The lowest BCUT2D eigenvalue weighted by molar-refractivity contribution is -0.0645. The number of aliphatic hydroxyl groups is 2. The lowest BCUT2D eigenvalue weighted by Gasteiger charge is -2.25. The SMILES string of the molecule is Cc1cn([C@H]2C[C@H](OP(=O)(O)OC[C@H]3O[C@@H](n4cnc5c(N)ncnc54)C[C@@H]3OP(=O)(O)OC[C@H]3O[C@@H](n4ccc(N)nc4=O)C[C@@H]3O)[C@@H](COP(=O)(O)O[C@H]3C[C@H](n4ccc(N)nc4=O)O[C@@H]3COP(=O)(O)O[C@H]3C[C@H](n4cnc5c(=O)[nH]c(N)nc54)O[C@@H]3CO)O2)c(=O)[nH]c1=O. The second-order valence-electron chi connectivity index (χ2n) is 22.6.